The van der Waals surface area contributed by atoms with E-state index in [0.29, 0.717) is 19.4 Å². The van der Waals surface area contributed by atoms with Crippen molar-refractivity contribution in [1.82, 2.24) is 5.32 Å². The fraction of sp³-hybridized carbons (Fsp3) is 0.879. The zero-order chi connectivity index (χ0) is 52.2. The third kappa shape index (κ3) is 57.4. The number of amides is 1. The highest BCUT2D eigenvalue weighted by Gasteiger charge is 2.18. The first-order valence-corrected chi connectivity index (χ1v) is 32.3. The van der Waals surface area contributed by atoms with Crippen molar-refractivity contribution in [3.05, 3.63) is 36.5 Å². The molecule has 2 unspecified atom stereocenters. The van der Waals surface area contributed by atoms with Gasteiger partial charge >= 0.3 is 5.97 Å². The molecule has 0 rings (SSSR count). The van der Waals surface area contributed by atoms with Crippen LogP contribution in [0.25, 0.3) is 0 Å². The highest BCUT2D eigenvalue weighted by atomic mass is 16.5. The molecule has 1 amide bonds. The van der Waals surface area contributed by atoms with E-state index >= 15 is 0 Å². The summed E-state index contributed by atoms with van der Waals surface area (Å²) in [7, 11) is 0. The third-order valence-corrected chi connectivity index (χ3v) is 14.9. The van der Waals surface area contributed by atoms with Gasteiger partial charge in [-0.1, -0.05) is 307 Å². The Morgan fingerprint density at radius 2 is 0.694 bits per heavy atom. The van der Waals surface area contributed by atoms with Gasteiger partial charge in [0.05, 0.1) is 25.4 Å². The monoisotopic (exact) mass is 1010 g/mol. The number of hydrogen-bond acceptors (Lipinski definition) is 5. The van der Waals surface area contributed by atoms with Gasteiger partial charge in [0.1, 0.15) is 0 Å². The summed E-state index contributed by atoms with van der Waals surface area (Å²) in [5.41, 5.74) is 0. The molecule has 0 heterocycles. The lowest BCUT2D eigenvalue weighted by molar-refractivity contribution is -0.143. The minimum atomic E-state index is -0.852. The van der Waals surface area contributed by atoms with Crippen LogP contribution in [0, 0.1) is 0 Å². The highest BCUT2D eigenvalue weighted by Crippen LogP contribution is 2.17. The van der Waals surface area contributed by atoms with Gasteiger partial charge in [-0.15, -0.1) is 0 Å². The molecule has 0 fully saturated rings. The molecule has 6 nitrogen and oxygen atoms in total. The summed E-state index contributed by atoms with van der Waals surface area (Å²) in [4.78, 5) is 24.5. The minimum absolute atomic E-state index is 0.00738. The molecule has 0 radical (unpaired) electrons. The van der Waals surface area contributed by atoms with Crippen LogP contribution in [-0.4, -0.2) is 47.4 Å². The summed E-state index contributed by atoms with van der Waals surface area (Å²) in [6.07, 6.45) is 77.6. The van der Waals surface area contributed by atoms with Crippen LogP contribution in [0.3, 0.4) is 0 Å². The molecule has 6 heteroatoms. The SMILES string of the molecule is CCCCCCCCCCCCCCCCCCCC/C=C/C(O)C(CO)NC(=O)CCCCCCCCC/C=C\C/C=C\CCCCCCCCCCCOC(=O)CCCCCCCCCCCCCC. The number of allylic oxidation sites excluding steroid dienone is 5. The van der Waals surface area contributed by atoms with Crippen LogP contribution in [0.1, 0.15) is 348 Å². The van der Waals surface area contributed by atoms with Crippen molar-refractivity contribution in [2.24, 2.45) is 0 Å². The van der Waals surface area contributed by atoms with Gasteiger partial charge < -0.3 is 20.3 Å². The molecular formula is C66H125NO5. The molecule has 0 aromatic heterocycles. The average Bonchev–Trinajstić information content (AvgIpc) is 3.38. The Morgan fingerprint density at radius 3 is 1.06 bits per heavy atom. The van der Waals surface area contributed by atoms with Crippen molar-refractivity contribution < 1.29 is 24.5 Å². The molecule has 2 atom stereocenters. The van der Waals surface area contributed by atoms with Crippen LogP contribution in [0.2, 0.25) is 0 Å². The number of unbranched alkanes of at least 4 members (excludes halogenated alkanes) is 45. The third-order valence-electron chi connectivity index (χ3n) is 14.9. The van der Waals surface area contributed by atoms with E-state index in [1.54, 1.807) is 6.08 Å². The Hall–Kier alpha value is -1.92. The normalized spacial score (nSPS) is 12.8. The number of hydrogen-bond donors (Lipinski definition) is 3. The summed E-state index contributed by atoms with van der Waals surface area (Å²) in [5.74, 6) is -0.0684. The molecule has 0 saturated carbocycles. The first-order valence-electron chi connectivity index (χ1n) is 32.3. The minimum Gasteiger partial charge on any atom is -0.466 e. The molecule has 0 aliphatic heterocycles. The van der Waals surface area contributed by atoms with Gasteiger partial charge in [0.25, 0.3) is 0 Å². The number of aliphatic hydroxyl groups is 2. The van der Waals surface area contributed by atoms with Gasteiger partial charge in [0.2, 0.25) is 5.91 Å². The predicted octanol–water partition coefficient (Wildman–Crippen LogP) is 20.4. The van der Waals surface area contributed by atoms with Gasteiger partial charge in [0, 0.05) is 12.8 Å². The fourth-order valence-corrected chi connectivity index (χ4v) is 9.96. The second-order valence-corrected chi connectivity index (χ2v) is 22.1. The number of rotatable bonds is 60. The second kappa shape index (κ2) is 61.6. The lowest BCUT2D eigenvalue weighted by Gasteiger charge is -2.20. The van der Waals surface area contributed by atoms with E-state index in [1.165, 1.54) is 263 Å². The Labute approximate surface area is 449 Å². The zero-order valence-electron chi connectivity index (χ0n) is 48.4. The number of carbonyl (C=O) groups excluding carboxylic acids is 2. The van der Waals surface area contributed by atoms with Crippen molar-refractivity contribution in [1.29, 1.82) is 0 Å². The highest BCUT2D eigenvalue weighted by molar-refractivity contribution is 5.76. The van der Waals surface area contributed by atoms with Crippen LogP contribution >= 0.6 is 0 Å². The zero-order valence-corrected chi connectivity index (χ0v) is 48.4. The Morgan fingerprint density at radius 1 is 0.389 bits per heavy atom. The first-order chi connectivity index (χ1) is 35.5. The topological polar surface area (TPSA) is 95.9 Å². The maximum Gasteiger partial charge on any atom is 0.305 e. The quantitative estimate of drug-likeness (QED) is 0.0320. The van der Waals surface area contributed by atoms with Gasteiger partial charge in [-0.2, -0.15) is 0 Å². The summed E-state index contributed by atoms with van der Waals surface area (Å²) in [5, 5.41) is 23.2. The molecule has 0 aliphatic carbocycles. The summed E-state index contributed by atoms with van der Waals surface area (Å²) < 4.78 is 5.47. The number of aliphatic hydroxyl groups excluding tert-OH is 2. The Kier molecular flexibility index (Phi) is 60.0. The molecule has 424 valence electrons. The Bertz CT molecular complexity index is 1170. The van der Waals surface area contributed by atoms with Crippen molar-refractivity contribution in [3.63, 3.8) is 0 Å². The van der Waals surface area contributed by atoms with Gasteiger partial charge in [-0.25, -0.2) is 0 Å². The van der Waals surface area contributed by atoms with Crippen LogP contribution in [-0.2, 0) is 14.3 Å². The number of carbonyl (C=O) groups is 2. The molecule has 0 aliphatic rings. The largest absolute Gasteiger partial charge is 0.466 e. The van der Waals surface area contributed by atoms with E-state index in [9.17, 15) is 19.8 Å². The molecule has 0 aromatic carbocycles. The molecular weight excluding hydrogens is 887 g/mol. The number of nitrogens with one attached hydrogen (secondary N) is 1. The van der Waals surface area contributed by atoms with Crippen LogP contribution < -0.4 is 5.32 Å². The standard InChI is InChI=1S/C66H125NO5/c1-3-5-7-9-11-13-15-17-18-19-20-26-29-32-35-38-42-46-50-54-58-64(69)63(62-68)67-65(70)59-55-51-47-43-39-36-33-30-27-24-22-21-23-25-28-31-34-37-41-45-49-53-57-61-72-66(71)60-56-52-48-44-40-16-14-12-10-8-6-4-2/h21,23-24,27,54,58,63-64,68-69H,3-20,22,25-26,28-53,55-57,59-62H2,1-2H3,(H,67,70)/b23-21-,27-24-,58-54+. The molecule has 0 spiro atoms. The van der Waals surface area contributed by atoms with Crippen LogP contribution in [0.5, 0.6) is 0 Å². The van der Waals surface area contributed by atoms with E-state index in [0.717, 1.165) is 57.8 Å². The Balaban J connectivity index is 3.48. The lowest BCUT2D eigenvalue weighted by Crippen LogP contribution is -2.45. The van der Waals surface area contributed by atoms with E-state index < -0.39 is 12.1 Å². The predicted molar refractivity (Wildman–Crippen MR) is 315 cm³/mol. The maximum absolute atomic E-state index is 12.5. The van der Waals surface area contributed by atoms with E-state index in [2.05, 4.69) is 43.5 Å². The number of ether oxygens (including phenoxy) is 1. The molecule has 72 heavy (non-hydrogen) atoms. The van der Waals surface area contributed by atoms with E-state index in [4.69, 9.17) is 4.74 Å². The number of esters is 1. The first kappa shape index (κ1) is 70.1. The van der Waals surface area contributed by atoms with Crippen LogP contribution in [0.4, 0.5) is 0 Å². The van der Waals surface area contributed by atoms with E-state index in [-0.39, 0.29) is 18.5 Å². The average molecular weight is 1010 g/mol. The van der Waals surface area contributed by atoms with E-state index in [1.807, 2.05) is 6.08 Å². The van der Waals surface area contributed by atoms with Crippen molar-refractivity contribution in [2.75, 3.05) is 13.2 Å². The summed E-state index contributed by atoms with van der Waals surface area (Å²) >= 11 is 0. The summed E-state index contributed by atoms with van der Waals surface area (Å²) in [6.45, 7) is 4.92. The smallest absolute Gasteiger partial charge is 0.305 e. The van der Waals surface area contributed by atoms with Gasteiger partial charge in [-0.05, 0) is 64.2 Å². The van der Waals surface area contributed by atoms with Crippen molar-refractivity contribution >= 4 is 11.9 Å². The molecule has 0 aromatic rings. The fourth-order valence-electron chi connectivity index (χ4n) is 9.96. The lowest BCUT2D eigenvalue weighted by atomic mass is 10.0. The second-order valence-electron chi connectivity index (χ2n) is 22.1. The van der Waals surface area contributed by atoms with Crippen molar-refractivity contribution in [3.8, 4) is 0 Å². The van der Waals surface area contributed by atoms with Gasteiger partial charge in [-0.3, -0.25) is 9.59 Å². The molecule has 3 N–H and O–H groups in total. The molecule has 0 saturated heterocycles. The molecule has 0 bridgehead atoms. The maximum atomic E-state index is 12.5. The summed E-state index contributed by atoms with van der Waals surface area (Å²) in [6, 6.07) is -0.636. The van der Waals surface area contributed by atoms with Gasteiger partial charge in [0.15, 0.2) is 0 Å². The van der Waals surface area contributed by atoms with Crippen molar-refractivity contribution in [2.45, 2.75) is 360 Å². The van der Waals surface area contributed by atoms with Crippen LogP contribution in [0.15, 0.2) is 36.5 Å².